The summed E-state index contributed by atoms with van der Waals surface area (Å²) >= 11 is 0. The number of nitrogens with zero attached hydrogens (tertiary/aromatic N) is 3. The molecule has 0 radical (unpaired) electrons. The quantitative estimate of drug-likeness (QED) is 0.708. The van der Waals surface area contributed by atoms with Crippen LogP contribution in [-0.2, 0) is 4.74 Å². The summed E-state index contributed by atoms with van der Waals surface area (Å²) in [4.78, 5) is 29.3. The Labute approximate surface area is 95.0 Å². The minimum Gasteiger partial charge on any atom is -0.462 e. The van der Waals surface area contributed by atoms with Gasteiger partial charge >= 0.3 is 5.97 Å². The largest absolute Gasteiger partial charge is 0.462 e. The second kappa shape index (κ2) is 4.56. The number of carbonyl (C=O) groups is 1. The van der Waals surface area contributed by atoms with Crippen LogP contribution in [0.25, 0.3) is 11.5 Å². The van der Waals surface area contributed by atoms with Crippen LogP contribution in [0.2, 0.25) is 0 Å². The first-order valence-electron chi connectivity index (χ1n) is 4.85. The monoisotopic (exact) mass is 235 g/mol. The average molecular weight is 235 g/mol. The summed E-state index contributed by atoms with van der Waals surface area (Å²) in [6.45, 7) is 1.85. The summed E-state index contributed by atoms with van der Waals surface area (Å²) in [5.41, 5.74) is -0.326. The highest BCUT2D eigenvalue weighted by Crippen LogP contribution is 2.06. The van der Waals surface area contributed by atoms with Crippen molar-refractivity contribution in [3.8, 4) is 11.5 Å². The molecule has 8 nitrogen and oxygen atoms in total. The average Bonchev–Trinajstić information content (AvgIpc) is 2.82. The van der Waals surface area contributed by atoms with Crippen molar-refractivity contribution >= 4 is 5.97 Å². The molecule has 8 heteroatoms. The van der Waals surface area contributed by atoms with E-state index in [0.717, 1.165) is 6.20 Å². The van der Waals surface area contributed by atoms with Gasteiger partial charge in [0, 0.05) is 6.20 Å². The highest BCUT2D eigenvalue weighted by Gasteiger charge is 2.13. The van der Waals surface area contributed by atoms with Gasteiger partial charge in [-0.2, -0.15) is 15.4 Å². The molecule has 17 heavy (non-hydrogen) atoms. The van der Waals surface area contributed by atoms with Gasteiger partial charge in [0.1, 0.15) is 11.3 Å². The van der Waals surface area contributed by atoms with Crippen molar-refractivity contribution in [2.75, 3.05) is 6.61 Å². The molecule has 0 amide bonds. The van der Waals surface area contributed by atoms with E-state index >= 15 is 0 Å². The Balaban J connectivity index is 2.36. The number of aromatic amines is 2. The topological polar surface area (TPSA) is 114 Å². The van der Waals surface area contributed by atoms with Crippen LogP contribution in [-0.4, -0.2) is 38.0 Å². The number of hydrogen-bond acceptors (Lipinski definition) is 6. The van der Waals surface area contributed by atoms with Gasteiger partial charge in [0.15, 0.2) is 5.82 Å². The Kier molecular flexibility index (Phi) is 2.95. The summed E-state index contributed by atoms with van der Waals surface area (Å²) in [5.74, 6) is -0.468. The maximum Gasteiger partial charge on any atom is 0.345 e. The lowest BCUT2D eigenvalue weighted by molar-refractivity contribution is 0.0524. The Bertz CT molecular complexity index is 575. The van der Waals surface area contributed by atoms with Gasteiger partial charge in [-0.15, -0.1) is 0 Å². The summed E-state index contributed by atoms with van der Waals surface area (Å²) in [6, 6.07) is 0. The van der Waals surface area contributed by atoms with Crippen LogP contribution >= 0.6 is 0 Å². The van der Waals surface area contributed by atoms with Crippen LogP contribution in [0.4, 0.5) is 0 Å². The Morgan fingerprint density at radius 3 is 2.88 bits per heavy atom. The maximum absolute atomic E-state index is 11.6. The predicted molar refractivity (Wildman–Crippen MR) is 56.2 cm³/mol. The van der Waals surface area contributed by atoms with Crippen molar-refractivity contribution in [3.63, 3.8) is 0 Å². The van der Waals surface area contributed by atoms with Gasteiger partial charge in [0.2, 0.25) is 0 Å². The van der Waals surface area contributed by atoms with Crippen molar-refractivity contribution in [2.45, 2.75) is 6.92 Å². The van der Waals surface area contributed by atoms with Crippen LogP contribution in [0.3, 0.4) is 0 Å². The van der Waals surface area contributed by atoms with E-state index in [2.05, 4.69) is 25.4 Å². The molecule has 2 aromatic rings. The van der Waals surface area contributed by atoms with Gasteiger partial charge < -0.3 is 9.72 Å². The number of ether oxygens (including phenoxy) is 1. The Morgan fingerprint density at radius 2 is 2.29 bits per heavy atom. The number of esters is 1. The van der Waals surface area contributed by atoms with Crippen LogP contribution in [0.1, 0.15) is 17.3 Å². The van der Waals surface area contributed by atoms with Crippen LogP contribution in [0.5, 0.6) is 0 Å². The van der Waals surface area contributed by atoms with E-state index in [-0.39, 0.29) is 18.0 Å². The normalized spacial score (nSPS) is 10.2. The van der Waals surface area contributed by atoms with Gasteiger partial charge in [0.25, 0.3) is 5.56 Å². The highest BCUT2D eigenvalue weighted by atomic mass is 16.5. The second-order valence-corrected chi connectivity index (χ2v) is 3.05. The smallest absolute Gasteiger partial charge is 0.345 e. The van der Waals surface area contributed by atoms with Crippen molar-refractivity contribution in [1.82, 2.24) is 25.4 Å². The van der Waals surface area contributed by atoms with E-state index in [9.17, 15) is 9.59 Å². The molecule has 0 bridgehead atoms. The molecular weight excluding hydrogens is 226 g/mol. The first kappa shape index (κ1) is 11.0. The number of rotatable bonds is 3. The lowest BCUT2D eigenvalue weighted by Crippen LogP contribution is -2.21. The zero-order valence-electron chi connectivity index (χ0n) is 8.93. The molecule has 2 rings (SSSR count). The van der Waals surface area contributed by atoms with Crippen molar-refractivity contribution in [2.24, 2.45) is 0 Å². The number of hydrogen-bond donors (Lipinski definition) is 2. The molecule has 0 unspecified atom stereocenters. The number of aromatic nitrogens is 5. The molecule has 0 saturated carbocycles. The minimum absolute atomic E-state index is 0.140. The Morgan fingerprint density at radius 1 is 1.47 bits per heavy atom. The van der Waals surface area contributed by atoms with Crippen molar-refractivity contribution in [3.05, 3.63) is 28.3 Å². The van der Waals surface area contributed by atoms with E-state index in [1.165, 1.54) is 6.20 Å². The standard InChI is InChI=1S/C9H9N5O3/c1-2-17-9(16)5-3-10-7(12-8(5)15)6-4-11-14-13-6/h3-4H,2H2,1H3,(H,10,12,15)(H,11,13,14). The van der Waals surface area contributed by atoms with E-state index in [0.29, 0.717) is 5.69 Å². The SMILES string of the molecule is CCOC(=O)c1cnc(-c2cn[nH]n2)[nH]c1=O. The fourth-order valence-electron chi connectivity index (χ4n) is 1.19. The third-order valence-corrected chi connectivity index (χ3v) is 1.95. The molecule has 2 aromatic heterocycles. The third kappa shape index (κ3) is 2.19. The lowest BCUT2D eigenvalue weighted by Gasteiger charge is -2.00. The van der Waals surface area contributed by atoms with Gasteiger partial charge in [-0.05, 0) is 6.92 Å². The van der Waals surface area contributed by atoms with Crippen LogP contribution < -0.4 is 5.56 Å². The molecule has 0 aliphatic carbocycles. The predicted octanol–water partition coefficient (Wildman–Crippen LogP) is -0.268. The first-order valence-corrected chi connectivity index (χ1v) is 4.85. The van der Waals surface area contributed by atoms with Crippen molar-refractivity contribution in [1.29, 1.82) is 0 Å². The minimum atomic E-state index is -0.701. The molecule has 88 valence electrons. The molecular formula is C9H9N5O3. The van der Waals surface area contributed by atoms with Gasteiger partial charge in [0.05, 0.1) is 12.8 Å². The summed E-state index contributed by atoms with van der Waals surface area (Å²) in [6.07, 6.45) is 2.56. The van der Waals surface area contributed by atoms with E-state index in [1.807, 2.05) is 0 Å². The molecule has 2 heterocycles. The second-order valence-electron chi connectivity index (χ2n) is 3.05. The van der Waals surface area contributed by atoms with Crippen molar-refractivity contribution < 1.29 is 9.53 Å². The molecule has 0 spiro atoms. The number of H-pyrrole nitrogens is 2. The summed E-state index contributed by atoms with van der Waals surface area (Å²) in [5, 5.41) is 9.73. The number of carbonyl (C=O) groups excluding carboxylic acids is 1. The summed E-state index contributed by atoms with van der Waals surface area (Å²) < 4.78 is 4.71. The Hall–Kier alpha value is -2.51. The maximum atomic E-state index is 11.6. The van der Waals surface area contributed by atoms with Gasteiger partial charge in [-0.25, -0.2) is 9.78 Å². The first-order chi connectivity index (χ1) is 8.22. The molecule has 0 fully saturated rings. The molecule has 0 aromatic carbocycles. The molecule has 2 N–H and O–H groups in total. The zero-order valence-corrected chi connectivity index (χ0v) is 8.93. The molecule has 0 atom stereocenters. The third-order valence-electron chi connectivity index (χ3n) is 1.95. The molecule has 0 saturated heterocycles. The zero-order chi connectivity index (χ0) is 12.3. The van der Waals surface area contributed by atoms with E-state index < -0.39 is 11.5 Å². The van der Waals surface area contributed by atoms with Gasteiger partial charge in [-0.3, -0.25) is 4.79 Å². The van der Waals surface area contributed by atoms with E-state index in [1.54, 1.807) is 6.92 Å². The highest BCUT2D eigenvalue weighted by molar-refractivity contribution is 5.88. The van der Waals surface area contributed by atoms with E-state index in [4.69, 9.17) is 4.74 Å². The lowest BCUT2D eigenvalue weighted by atomic mass is 10.3. The molecule has 0 aliphatic rings. The van der Waals surface area contributed by atoms with Gasteiger partial charge in [-0.1, -0.05) is 0 Å². The van der Waals surface area contributed by atoms with Crippen LogP contribution in [0.15, 0.2) is 17.2 Å². The van der Waals surface area contributed by atoms with Crippen LogP contribution in [0, 0.1) is 0 Å². The number of nitrogens with one attached hydrogen (secondary N) is 2. The summed E-state index contributed by atoms with van der Waals surface area (Å²) in [7, 11) is 0. The molecule has 0 aliphatic heterocycles. The fourth-order valence-corrected chi connectivity index (χ4v) is 1.19. The fraction of sp³-hybridized carbons (Fsp3) is 0.222.